The highest BCUT2D eigenvalue weighted by molar-refractivity contribution is 7.88. The van der Waals surface area contributed by atoms with E-state index in [0.29, 0.717) is 64.0 Å². The number of nitro groups is 1. The number of nitrogens with two attached hydrogens (primary N) is 1. The standard InChI is InChI=1S/3C18H19NO.C13H17NO.C11H13NO.C2H7NO2S.CH3NO2.CH5N/c3*1-3-13-19(2)14-16-9-11-18(12-10-16)20-15-17-7-5-4-6-8-17;1-4-8-14(3)10-11-6-7-13(15)12(5-2)9-11;1-3-8-12(2)9-10-4-6-11(13)7-5-10;1-3-6(2,4)5;1-2(3)4;1-2/h3*1,4-12H,13-15H2,2H3;1,6-7,9,15H,5,8,10H2,2-3H3;1,4-7,13H,8-9H2,2H3;3H,1-2H3;1H3;2H2,1H3. The minimum atomic E-state index is -2.91. The molecule has 100 heavy (non-hydrogen) atoms. The van der Waals surface area contributed by atoms with E-state index in [9.17, 15) is 13.5 Å². The van der Waals surface area contributed by atoms with Crippen molar-refractivity contribution in [3.63, 3.8) is 0 Å². The van der Waals surface area contributed by atoms with Gasteiger partial charge in [-0.3, -0.25) is 34.6 Å². The molecule has 0 unspecified atom stereocenters. The van der Waals surface area contributed by atoms with Gasteiger partial charge in [-0.05, 0) is 160 Å². The van der Waals surface area contributed by atoms with Gasteiger partial charge in [-0.25, -0.2) is 13.1 Å². The first-order valence-corrected chi connectivity index (χ1v) is 33.9. The van der Waals surface area contributed by atoms with E-state index in [2.05, 4.69) is 132 Å². The summed E-state index contributed by atoms with van der Waals surface area (Å²) in [7, 11) is 10.8. The molecule has 0 atom stereocenters. The lowest BCUT2D eigenvalue weighted by atomic mass is 10.1. The summed E-state index contributed by atoms with van der Waals surface area (Å²) < 4.78 is 39.1. The summed E-state index contributed by atoms with van der Waals surface area (Å²) in [4.78, 5) is 18.7. The summed E-state index contributed by atoms with van der Waals surface area (Å²) in [5, 5.41) is 27.4. The monoisotopic (exact) mass is 1370 g/mol. The van der Waals surface area contributed by atoms with E-state index in [1.54, 1.807) is 18.2 Å². The van der Waals surface area contributed by atoms with Gasteiger partial charge in [0.1, 0.15) is 48.6 Å². The molecule has 5 N–H and O–H groups in total. The van der Waals surface area contributed by atoms with Crippen molar-refractivity contribution in [2.75, 3.05) is 95.4 Å². The van der Waals surface area contributed by atoms with Crippen LogP contribution in [0.25, 0.3) is 0 Å². The van der Waals surface area contributed by atoms with Crippen molar-refractivity contribution in [2.24, 2.45) is 5.73 Å². The van der Waals surface area contributed by atoms with Gasteiger partial charge in [0.2, 0.25) is 10.0 Å². The van der Waals surface area contributed by atoms with Crippen LogP contribution in [0.2, 0.25) is 0 Å². The van der Waals surface area contributed by atoms with Crippen LogP contribution in [0.1, 0.15) is 57.0 Å². The molecule has 17 nitrogen and oxygen atoms in total. The summed E-state index contributed by atoms with van der Waals surface area (Å²) in [5.41, 5.74) is 15.0. The predicted molar refractivity (Wildman–Crippen MR) is 410 cm³/mol. The van der Waals surface area contributed by atoms with Crippen LogP contribution < -0.4 is 24.7 Å². The number of benzene rings is 8. The van der Waals surface area contributed by atoms with Gasteiger partial charge in [0.05, 0.1) is 39.0 Å². The van der Waals surface area contributed by atoms with E-state index < -0.39 is 14.9 Å². The number of nitrogens with one attached hydrogen (secondary N) is 1. The molecule has 0 amide bonds. The van der Waals surface area contributed by atoms with Gasteiger partial charge in [0, 0.05) is 37.6 Å². The zero-order chi connectivity index (χ0) is 74.4. The minimum absolute atomic E-state index is 0.295. The summed E-state index contributed by atoms with van der Waals surface area (Å²) in [5.74, 6) is 16.4. The normalized spacial score (nSPS) is 9.99. The van der Waals surface area contributed by atoms with Crippen LogP contribution >= 0.6 is 0 Å². The van der Waals surface area contributed by atoms with Gasteiger partial charge in [-0.1, -0.05) is 188 Å². The number of hydrogen-bond donors (Lipinski definition) is 4. The number of terminal acetylenes is 5. The van der Waals surface area contributed by atoms with Crippen molar-refractivity contribution in [1.82, 2.24) is 29.2 Å². The first-order chi connectivity index (χ1) is 48.0. The van der Waals surface area contributed by atoms with Crippen molar-refractivity contribution in [1.29, 1.82) is 0 Å². The summed E-state index contributed by atoms with van der Waals surface area (Å²) in [6.07, 6.45) is 28.2. The number of aryl methyl sites for hydroxylation is 1. The number of sulfonamides is 1. The van der Waals surface area contributed by atoms with Crippen molar-refractivity contribution < 1.29 is 37.8 Å². The smallest absolute Gasteiger partial charge is 0.208 e. The summed E-state index contributed by atoms with van der Waals surface area (Å²) in [6, 6.07) is 67.8. The second-order valence-corrected chi connectivity index (χ2v) is 24.5. The average Bonchev–Trinajstić information content (AvgIpc) is 0.957. The van der Waals surface area contributed by atoms with E-state index >= 15 is 0 Å². The first-order valence-electron chi connectivity index (χ1n) is 32.0. The van der Waals surface area contributed by atoms with Gasteiger partial charge in [0.15, 0.2) is 7.05 Å². The SMILES string of the molecule is C#CCN(C)Cc1ccc(O)c(CC)c1.C#CCN(C)Cc1ccc(O)cc1.C#CCN(C)Cc1ccc(OCc2ccccc2)cc1.C#CCN(C)Cc1ccc(OCc2ccccc2)cc1.C#CCN(C)Cc1ccc(OCc2ccccc2)cc1.CN.CNS(C)(=O)=O.C[N+](=O)[O-]. The Labute approximate surface area is 597 Å². The third-order valence-corrected chi connectivity index (χ3v) is 14.2. The number of phenols is 2. The second-order valence-electron chi connectivity index (χ2n) is 22.5. The Balaban J connectivity index is 0.000000604. The maximum atomic E-state index is 9.89. The van der Waals surface area contributed by atoms with Gasteiger partial charge in [-0.15, -0.1) is 32.1 Å². The molecular formula is C82H102N8O9S. The number of phenolic OH excluding ortho intramolecular Hbond substituents is 2. The zero-order valence-corrected chi connectivity index (χ0v) is 60.7. The van der Waals surface area contributed by atoms with Crippen molar-refractivity contribution in [2.45, 2.75) is 65.9 Å². The van der Waals surface area contributed by atoms with Crippen LogP contribution in [-0.4, -0.2) is 143 Å². The summed E-state index contributed by atoms with van der Waals surface area (Å²) in [6.45, 7) is 11.3. The number of ether oxygens (including phenoxy) is 3. The lowest BCUT2D eigenvalue weighted by Gasteiger charge is -2.14. The van der Waals surface area contributed by atoms with Gasteiger partial charge in [0.25, 0.3) is 0 Å². The van der Waals surface area contributed by atoms with E-state index in [1.807, 2.05) is 162 Å². The van der Waals surface area contributed by atoms with Gasteiger partial charge >= 0.3 is 0 Å². The molecule has 0 aliphatic carbocycles. The van der Waals surface area contributed by atoms with Crippen LogP contribution in [0, 0.1) is 71.8 Å². The predicted octanol–water partition coefficient (Wildman–Crippen LogP) is 12.1. The maximum absolute atomic E-state index is 9.89. The average molecular weight is 1380 g/mol. The zero-order valence-electron chi connectivity index (χ0n) is 59.8. The lowest BCUT2D eigenvalue weighted by Crippen LogP contribution is -2.17. The van der Waals surface area contributed by atoms with Crippen LogP contribution in [0.3, 0.4) is 0 Å². The molecule has 0 saturated carbocycles. The first kappa shape index (κ1) is 87.6. The highest BCUT2D eigenvalue weighted by Gasteiger charge is 2.06. The molecule has 0 radical (unpaired) electrons. The largest absolute Gasteiger partial charge is 0.508 e. The van der Waals surface area contributed by atoms with E-state index in [0.717, 1.165) is 80.8 Å². The van der Waals surface area contributed by atoms with Crippen LogP contribution in [-0.2, 0) is 69.0 Å². The fraction of sp³-hybridized carbons (Fsp3) is 0.293. The second kappa shape index (κ2) is 53.7. The van der Waals surface area contributed by atoms with Gasteiger partial charge < -0.3 is 30.2 Å². The van der Waals surface area contributed by atoms with Crippen molar-refractivity contribution in [3.8, 4) is 90.5 Å². The topological polar surface area (TPSA) is 200 Å². The molecule has 8 aromatic carbocycles. The van der Waals surface area contributed by atoms with Crippen LogP contribution in [0.15, 0.2) is 206 Å². The highest BCUT2D eigenvalue weighted by atomic mass is 32.2. The molecule has 18 heteroatoms. The Morgan fingerprint density at radius 2 is 0.670 bits per heavy atom. The Hall–Kier alpha value is -10.4. The highest BCUT2D eigenvalue weighted by Crippen LogP contribution is 2.21. The van der Waals surface area contributed by atoms with Crippen LogP contribution in [0.4, 0.5) is 0 Å². The molecule has 0 aliphatic rings. The fourth-order valence-electron chi connectivity index (χ4n) is 8.53. The van der Waals surface area contributed by atoms with Crippen LogP contribution in [0.5, 0.6) is 28.7 Å². The molecule has 0 bridgehead atoms. The Bertz CT molecular complexity index is 3540. The van der Waals surface area contributed by atoms with Crippen molar-refractivity contribution >= 4 is 10.0 Å². The lowest BCUT2D eigenvalue weighted by molar-refractivity contribution is -0.445. The molecule has 0 aliphatic heterocycles. The Kier molecular flexibility index (Phi) is 47.0. The molecule has 8 rings (SSSR count). The van der Waals surface area contributed by atoms with Gasteiger partial charge in [-0.2, -0.15) is 0 Å². The number of rotatable bonds is 26. The molecule has 0 spiro atoms. The molecule has 0 fully saturated rings. The number of nitrogens with zero attached hydrogens (tertiary/aromatic N) is 6. The maximum Gasteiger partial charge on any atom is 0.208 e. The molecule has 8 aromatic rings. The third kappa shape index (κ3) is 44.5. The molecule has 530 valence electrons. The number of hydrogen-bond acceptors (Lipinski definition) is 15. The quantitative estimate of drug-likeness (QED) is 0.0227. The fourth-order valence-corrected chi connectivity index (χ4v) is 8.53. The number of aromatic hydroxyl groups is 2. The molecule has 0 saturated heterocycles. The third-order valence-electron chi connectivity index (χ3n) is 13.4. The van der Waals surface area contributed by atoms with E-state index in [-0.39, 0.29) is 0 Å². The molecular weight excluding hydrogens is 1270 g/mol. The van der Waals surface area contributed by atoms with E-state index in [4.69, 9.17) is 61.5 Å². The van der Waals surface area contributed by atoms with E-state index in [1.165, 1.54) is 53.0 Å². The Morgan fingerprint density at radius 3 is 0.900 bits per heavy atom. The molecule has 0 heterocycles. The van der Waals surface area contributed by atoms with Crippen molar-refractivity contribution in [3.05, 3.63) is 266 Å². The Morgan fingerprint density at radius 1 is 0.440 bits per heavy atom. The summed E-state index contributed by atoms with van der Waals surface area (Å²) >= 11 is 0. The minimum Gasteiger partial charge on any atom is -0.508 e. The molecule has 0 aromatic heterocycles.